The summed E-state index contributed by atoms with van der Waals surface area (Å²) in [4.78, 5) is 29.3. The van der Waals surface area contributed by atoms with Crippen molar-refractivity contribution in [3.05, 3.63) is 76.8 Å². The van der Waals surface area contributed by atoms with E-state index in [1.807, 2.05) is 43.2 Å². The molecule has 0 bridgehead atoms. The lowest BCUT2D eigenvalue weighted by Gasteiger charge is -2.36. The number of carbonyl (C=O) groups is 1. The Hall–Kier alpha value is -3.27. The van der Waals surface area contributed by atoms with Gasteiger partial charge in [0.1, 0.15) is 0 Å². The number of fused-ring (bicyclic) bond motifs is 1. The first-order valence-corrected chi connectivity index (χ1v) is 13.9. The molecule has 1 amide bonds. The van der Waals surface area contributed by atoms with Crippen LogP contribution in [0.2, 0.25) is 5.02 Å². The van der Waals surface area contributed by atoms with E-state index in [-0.39, 0.29) is 30.5 Å². The first-order chi connectivity index (χ1) is 18.3. The van der Waals surface area contributed by atoms with Gasteiger partial charge in [-0.05, 0) is 68.6 Å². The summed E-state index contributed by atoms with van der Waals surface area (Å²) in [7, 11) is 0. The van der Waals surface area contributed by atoms with E-state index in [2.05, 4.69) is 15.3 Å². The van der Waals surface area contributed by atoms with Crippen LogP contribution in [-0.4, -0.2) is 52.4 Å². The maximum Gasteiger partial charge on any atom is 0.251 e. The van der Waals surface area contributed by atoms with Crippen molar-refractivity contribution < 1.29 is 13.9 Å². The van der Waals surface area contributed by atoms with Crippen molar-refractivity contribution in [3.63, 3.8) is 0 Å². The van der Waals surface area contributed by atoms with Crippen molar-refractivity contribution in [2.24, 2.45) is 0 Å². The monoisotopic (exact) mass is 551 g/mol. The topological polar surface area (TPSA) is 80.2 Å². The van der Waals surface area contributed by atoms with Crippen LogP contribution in [-0.2, 0) is 11.3 Å². The fourth-order valence-electron chi connectivity index (χ4n) is 4.52. The second kappa shape index (κ2) is 11.2. The van der Waals surface area contributed by atoms with Gasteiger partial charge in [-0.1, -0.05) is 11.6 Å². The summed E-state index contributed by atoms with van der Waals surface area (Å²) in [6.45, 7) is 5.32. The molecular formula is C28H27ClFN5O2S. The predicted octanol–water partition coefficient (Wildman–Crippen LogP) is 5.75. The van der Waals surface area contributed by atoms with Gasteiger partial charge in [0.05, 0.1) is 46.4 Å². The molecule has 0 spiro atoms. The molecule has 2 atom stereocenters. The number of pyridine rings is 3. The number of rotatable bonds is 6. The Labute approximate surface area is 229 Å². The summed E-state index contributed by atoms with van der Waals surface area (Å²) in [5.74, 6) is -0.282. The highest BCUT2D eigenvalue weighted by atomic mass is 35.5. The molecule has 196 valence electrons. The molecule has 1 N–H and O–H groups in total. The van der Waals surface area contributed by atoms with Crippen LogP contribution < -0.4 is 10.2 Å². The number of thioether (sulfide) groups is 1. The van der Waals surface area contributed by atoms with Crippen LogP contribution in [0.1, 0.15) is 29.9 Å². The van der Waals surface area contributed by atoms with Gasteiger partial charge in [-0.25, -0.2) is 14.4 Å². The van der Waals surface area contributed by atoms with E-state index in [1.54, 1.807) is 30.5 Å². The molecule has 0 saturated carbocycles. The van der Waals surface area contributed by atoms with Crippen LogP contribution >= 0.6 is 23.4 Å². The van der Waals surface area contributed by atoms with Gasteiger partial charge in [0, 0.05) is 35.1 Å². The van der Waals surface area contributed by atoms with Crippen molar-refractivity contribution in [2.45, 2.75) is 37.5 Å². The second-order valence-corrected chi connectivity index (χ2v) is 10.5. The molecule has 10 heteroatoms. The van der Waals surface area contributed by atoms with E-state index in [0.29, 0.717) is 52.1 Å². The second-order valence-electron chi connectivity index (χ2n) is 9.26. The van der Waals surface area contributed by atoms with Gasteiger partial charge >= 0.3 is 0 Å². The third-order valence-corrected chi connectivity index (χ3v) is 7.50. The summed E-state index contributed by atoms with van der Waals surface area (Å²) in [6.07, 6.45) is 3.61. The van der Waals surface area contributed by atoms with Gasteiger partial charge in [0.25, 0.3) is 5.91 Å². The van der Waals surface area contributed by atoms with Gasteiger partial charge in [-0.2, -0.15) is 0 Å². The Morgan fingerprint density at radius 3 is 2.61 bits per heavy atom. The van der Waals surface area contributed by atoms with E-state index in [4.69, 9.17) is 21.3 Å². The Balaban J connectivity index is 1.36. The number of carbonyl (C=O) groups excluding carboxylic acids is 1. The fourth-order valence-corrected chi connectivity index (χ4v) is 5.37. The molecule has 1 aromatic carbocycles. The van der Waals surface area contributed by atoms with E-state index in [9.17, 15) is 9.18 Å². The van der Waals surface area contributed by atoms with Crippen molar-refractivity contribution in [1.29, 1.82) is 0 Å². The van der Waals surface area contributed by atoms with Gasteiger partial charge in [0.15, 0.2) is 11.6 Å². The zero-order valence-electron chi connectivity index (χ0n) is 21.2. The Morgan fingerprint density at radius 2 is 1.84 bits per heavy atom. The molecule has 3 aromatic heterocycles. The largest absolute Gasteiger partial charge is 0.372 e. The highest BCUT2D eigenvalue weighted by molar-refractivity contribution is 7.98. The summed E-state index contributed by atoms with van der Waals surface area (Å²) in [5.41, 5.74) is 3.11. The summed E-state index contributed by atoms with van der Waals surface area (Å²) in [5, 5.41) is 4.37. The number of benzene rings is 1. The lowest BCUT2D eigenvalue weighted by Crippen LogP contribution is -2.46. The van der Waals surface area contributed by atoms with Gasteiger partial charge in [-0.15, -0.1) is 11.8 Å². The normalized spacial score (nSPS) is 17.6. The predicted molar refractivity (Wildman–Crippen MR) is 149 cm³/mol. The highest BCUT2D eigenvalue weighted by Crippen LogP contribution is 2.27. The molecule has 1 aliphatic heterocycles. The van der Waals surface area contributed by atoms with E-state index in [0.717, 1.165) is 10.3 Å². The minimum absolute atomic E-state index is 0.0129. The summed E-state index contributed by atoms with van der Waals surface area (Å²) < 4.78 is 20.5. The van der Waals surface area contributed by atoms with Crippen LogP contribution in [0, 0.1) is 5.82 Å². The number of nitrogens with zero attached hydrogens (tertiary/aromatic N) is 4. The molecule has 5 rings (SSSR count). The Kier molecular flexibility index (Phi) is 7.78. The molecule has 7 nitrogen and oxygen atoms in total. The third kappa shape index (κ3) is 5.75. The third-order valence-electron chi connectivity index (χ3n) is 6.28. The molecule has 2 unspecified atom stereocenters. The van der Waals surface area contributed by atoms with Crippen LogP contribution in [0.5, 0.6) is 0 Å². The van der Waals surface area contributed by atoms with Gasteiger partial charge in [0.2, 0.25) is 0 Å². The zero-order valence-corrected chi connectivity index (χ0v) is 22.8. The van der Waals surface area contributed by atoms with Crippen LogP contribution in [0.3, 0.4) is 0 Å². The van der Waals surface area contributed by atoms with Crippen molar-refractivity contribution in [2.75, 3.05) is 24.2 Å². The van der Waals surface area contributed by atoms with Crippen molar-refractivity contribution in [3.8, 4) is 11.4 Å². The van der Waals surface area contributed by atoms with Crippen molar-refractivity contribution >= 4 is 46.0 Å². The number of anilines is 1. The number of morpholine rings is 1. The number of aromatic nitrogens is 3. The number of amides is 1. The Bertz CT molecular complexity index is 1490. The number of halogens is 2. The van der Waals surface area contributed by atoms with Crippen molar-refractivity contribution in [1.82, 2.24) is 20.3 Å². The number of nitrogens with one attached hydrogen (secondary N) is 1. The molecule has 0 radical (unpaired) electrons. The van der Waals surface area contributed by atoms with Crippen LogP contribution in [0.15, 0.2) is 59.6 Å². The fraction of sp³-hybridized carbons (Fsp3) is 0.286. The number of hydrogen-bond acceptors (Lipinski definition) is 7. The summed E-state index contributed by atoms with van der Waals surface area (Å²) in [6, 6.07) is 13.9. The number of hydrogen-bond donors (Lipinski definition) is 1. The quantitative estimate of drug-likeness (QED) is 0.306. The van der Waals surface area contributed by atoms with E-state index >= 15 is 0 Å². The first-order valence-electron chi connectivity index (χ1n) is 12.3. The zero-order chi connectivity index (χ0) is 26.8. The molecule has 4 aromatic rings. The smallest absolute Gasteiger partial charge is 0.251 e. The SMILES string of the molecule is CSc1cc(C(=O)NCc2cc3nc(-c4ccc(F)c(N5CC(C)OC(C)C5)n4)ccc3cn2)ccc1Cl. The molecule has 38 heavy (non-hydrogen) atoms. The molecule has 0 aliphatic carbocycles. The van der Waals surface area contributed by atoms with Crippen LogP contribution in [0.4, 0.5) is 10.2 Å². The minimum atomic E-state index is -0.372. The highest BCUT2D eigenvalue weighted by Gasteiger charge is 2.25. The summed E-state index contributed by atoms with van der Waals surface area (Å²) >= 11 is 7.64. The van der Waals surface area contributed by atoms with E-state index < -0.39 is 0 Å². The standard InChI is InChI=1S/C28H27ClFN5O2S/c1-16-14-35(15-17(2)37-16)27-22(30)7-9-24(34-27)23-8-5-19-12-31-20(11-25(19)33-23)13-32-28(36)18-4-6-21(29)26(10-18)38-3/h4-12,16-17H,13-15H2,1-3H3,(H,32,36). The Morgan fingerprint density at radius 1 is 1.11 bits per heavy atom. The first kappa shape index (κ1) is 26.3. The maximum atomic E-state index is 14.7. The van der Waals surface area contributed by atoms with E-state index in [1.165, 1.54) is 17.8 Å². The van der Waals surface area contributed by atoms with Gasteiger partial charge in [-0.3, -0.25) is 9.78 Å². The molecule has 1 fully saturated rings. The minimum Gasteiger partial charge on any atom is -0.372 e. The van der Waals surface area contributed by atoms with Crippen LogP contribution in [0.25, 0.3) is 22.3 Å². The average molecular weight is 552 g/mol. The number of ether oxygens (including phenoxy) is 1. The maximum absolute atomic E-state index is 14.7. The lowest BCUT2D eigenvalue weighted by molar-refractivity contribution is -0.00564. The molecule has 1 saturated heterocycles. The molecular weight excluding hydrogens is 525 g/mol. The lowest BCUT2D eigenvalue weighted by atomic mass is 10.1. The average Bonchev–Trinajstić information content (AvgIpc) is 2.91. The molecule has 4 heterocycles. The molecule has 1 aliphatic rings. The van der Waals surface area contributed by atoms with Gasteiger partial charge < -0.3 is 15.0 Å².